The van der Waals surface area contributed by atoms with Gasteiger partial charge in [-0.2, -0.15) is 5.10 Å². The number of halogens is 1. The van der Waals surface area contributed by atoms with E-state index < -0.39 is 0 Å². The summed E-state index contributed by atoms with van der Waals surface area (Å²) in [7, 11) is 0. The first-order chi connectivity index (χ1) is 9.78. The van der Waals surface area contributed by atoms with E-state index in [1.807, 2.05) is 11.0 Å². The number of aromatic nitrogens is 2. The van der Waals surface area contributed by atoms with Crippen LogP contribution in [-0.4, -0.2) is 47.2 Å². The Hall–Kier alpha value is -1.07. The van der Waals surface area contributed by atoms with Gasteiger partial charge in [-0.25, -0.2) is 0 Å². The molecule has 3 rings (SSSR count). The van der Waals surface area contributed by atoms with Gasteiger partial charge in [-0.05, 0) is 50.8 Å². The molecule has 118 valence electrons. The minimum absolute atomic E-state index is 0. The Balaban J connectivity index is 0.00000161. The standard InChI is InChI=1S/C15H24N4O.ClH/c1-2-16-10-11-5-7-19(8-6-11)15(20)14-9-13(17-18-14)12-3-4-12;/h9,11-12,16H,2-8,10H2,1H3,(H,17,18);1H. The van der Waals surface area contributed by atoms with E-state index in [1.54, 1.807) is 0 Å². The van der Waals surface area contributed by atoms with Crippen molar-refractivity contribution in [3.63, 3.8) is 0 Å². The maximum atomic E-state index is 12.4. The molecular weight excluding hydrogens is 288 g/mol. The number of piperidine rings is 1. The van der Waals surface area contributed by atoms with E-state index in [0.29, 0.717) is 17.5 Å². The van der Waals surface area contributed by atoms with Crippen LogP contribution in [0.25, 0.3) is 0 Å². The smallest absolute Gasteiger partial charge is 0.274 e. The van der Waals surface area contributed by atoms with Gasteiger partial charge in [0.15, 0.2) is 0 Å². The molecule has 5 nitrogen and oxygen atoms in total. The molecule has 0 aromatic carbocycles. The maximum Gasteiger partial charge on any atom is 0.274 e. The molecule has 2 heterocycles. The van der Waals surface area contributed by atoms with E-state index in [0.717, 1.165) is 44.7 Å². The van der Waals surface area contributed by atoms with Crippen LogP contribution in [0.2, 0.25) is 0 Å². The summed E-state index contributed by atoms with van der Waals surface area (Å²) in [6, 6.07) is 1.95. The molecule has 0 bridgehead atoms. The number of carbonyl (C=O) groups excluding carboxylic acids is 1. The van der Waals surface area contributed by atoms with Gasteiger partial charge in [0.2, 0.25) is 0 Å². The molecule has 6 heteroatoms. The molecule has 0 atom stereocenters. The van der Waals surface area contributed by atoms with Crippen LogP contribution in [0.5, 0.6) is 0 Å². The second-order valence-electron chi connectivity index (χ2n) is 6.03. The van der Waals surface area contributed by atoms with Crippen molar-refractivity contribution in [1.82, 2.24) is 20.4 Å². The van der Waals surface area contributed by atoms with E-state index in [2.05, 4.69) is 22.4 Å². The predicted octanol–water partition coefficient (Wildman–Crippen LogP) is 2.17. The van der Waals surface area contributed by atoms with Crippen LogP contribution in [-0.2, 0) is 0 Å². The zero-order chi connectivity index (χ0) is 13.9. The minimum atomic E-state index is 0. The number of carbonyl (C=O) groups is 1. The number of amides is 1. The van der Waals surface area contributed by atoms with E-state index >= 15 is 0 Å². The van der Waals surface area contributed by atoms with Crippen LogP contribution >= 0.6 is 12.4 Å². The molecule has 2 fully saturated rings. The van der Waals surface area contributed by atoms with Gasteiger partial charge in [0.05, 0.1) is 0 Å². The number of likely N-dealkylation sites (tertiary alicyclic amines) is 1. The third kappa shape index (κ3) is 3.98. The highest BCUT2D eigenvalue weighted by Crippen LogP contribution is 2.39. The first-order valence-corrected chi connectivity index (χ1v) is 7.83. The Morgan fingerprint density at radius 3 is 2.71 bits per heavy atom. The Morgan fingerprint density at radius 2 is 2.10 bits per heavy atom. The summed E-state index contributed by atoms with van der Waals surface area (Å²) in [5, 5.41) is 10.6. The van der Waals surface area contributed by atoms with Crippen LogP contribution in [0.15, 0.2) is 6.07 Å². The normalized spacial score (nSPS) is 19.4. The lowest BCUT2D eigenvalue weighted by Gasteiger charge is -2.31. The Kier molecular flexibility index (Phi) is 5.65. The number of H-pyrrole nitrogens is 1. The third-order valence-electron chi connectivity index (χ3n) is 4.42. The Morgan fingerprint density at radius 1 is 1.38 bits per heavy atom. The van der Waals surface area contributed by atoms with Gasteiger partial charge in [0.25, 0.3) is 5.91 Å². The van der Waals surface area contributed by atoms with Gasteiger partial charge >= 0.3 is 0 Å². The topological polar surface area (TPSA) is 61.0 Å². The molecule has 1 aliphatic heterocycles. The molecule has 1 saturated carbocycles. The molecular formula is C15H25ClN4O. The molecule has 1 aliphatic carbocycles. The zero-order valence-corrected chi connectivity index (χ0v) is 13.4. The van der Waals surface area contributed by atoms with E-state index in [-0.39, 0.29) is 18.3 Å². The third-order valence-corrected chi connectivity index (χ3v) is 4.42. The van der Waals surface area contributed by atoms with Crippen LogP contribution in [0.4, 0.5) is 0 Å². The van der Waals surface area contributed by atoms with Crippen molar-refractivity contribution in [3.05, 3.63) is 17.5 Å². The molecule has 21 heavy (non-hydrogen) atoms. The Bertz CT molecular complexity index is 464. The lowest BCUT2D eigenvalue weighted by molar-refractivity contribution is 0.0684. The number of aromatic amines is 1. The molecule has 1 amide bonds. The lowest BCUT2D eigenvalue weighted by Crippen LogP contribution is -2.40. The van der Waals surface area contributed by atoms with E-state index in [1.165, 1.54) is 12.8 Å². The Labute approximate surface area is 132 Å². The lowest BCUT2D eigenvalue weighted by atomic mass is 9.96. The van der Waals surface area contributed by atoms with Crippen molar-refractivity contribution in [2.45, 2.75) is 38.5 Å². The average Bonchev–Trinajstić information content (AvgIpc) is 3.22. The van der Waals surface area contributed by atoms with Crippen LogP contribution in [0.1, 0.15) is 54.7 Å². The largest absolute Gasteiger partial charge is 0.337 e. The number of hydrogen-bond donors (Lipinski definition) is 2. The molecule has 2 aliphatic rings. The SMILES string of the molecule is CCNCC1CCN(C(=O)c2cc(C3CC3)[nH]n2)CC1.Cl. The van der Waals surface area contributed by atoms with Crippen molar-refractivity contribution in [1.29, 1.82) is 0 Å². The van der Waals surface area contributed by atoms with Gasteiger partial charge in [-0.15, -0.1) is 12.4 Å². The summed E-state index contributed by atoms with van der Waals surface area (Å²) in [6.45, 7) is 5.96. The van der Waals surface area contributed by atoms with Crippen molar-refractivity contribution in [2.24, 2.45) is 5.92 Å². The first-order valence-electron chi connectivity index (χ1n) is 7.83. The number of hydrogen-bond acceptors (Lipinski definition) is 3. The van der Waals surface area contributed by atoms with Crippen molar-refractivity contribution >= 4 is 18.3 Å². The maximum absolute atomic E-state index is 12.4. The van der Waals surface area contributed by atoms with Gasteiger partial charge < -0.3 is 10.2 Å². The summed E-state index contributed by atoms with van der Waals surface area (Å²) >= 11 is 0. The molecule has 0 radical (unpaired) electrons. The quantitative estimate of drug-likeness (QED) is 0.876. The van der Waals surface area contributed by atoms with Gasteiger partial charge in [-0.1, -0.05) is 6.92 Å². The van der Waals surface area contributed by atoms with Crippen LogP contribution < -0.4 is 5.32 Å². The first kappa shape index (κ1) is 16.3. The highest BCUT2D eigenvalue weighted by atomic mass is 35.5. The monoisotopic (exact) mass is 312 g/mol. The summed E-state index contributed by atoms with van der Waals surface area (Å²) < 4.78 is 0. The molecule has 1 aromatic heterocycles. The number of nitrogens with one attached hydrogen (secondary N) is 2. The minimum Gasteiger partial charge on any atom is -0.337 e. The van der Waals surface area contributed by atoms with Gasteiger partial charge in [-0.3, -0.25) is 9.89 Å². The molecule has 1 aromatic rings. The average molecular weight is 313 g/mol. The predicted molar refractivity (Wildman–Crippen MR) is 85.0 cm³/mol. The summed E-state index contributed by atoms with van der Waals surface area (Å²) in [4.78, 5) is 14.4. The van der Waals surface area contributed by atoms with Crippen molar-refractivity contribution in [2.75, 3.05) is 26.2 Å². The molecule has 0 spiro atoms. The fourth-order valence-corrected chi connectivity index (χ4v) is 2.90. The van der Waals surface area contributed by atoms with Crippen LogP contribution in [0.3, 0.4) is 0 Å². The number of nitrogens with zero attached hydrogens (tertiary/aromatic N) is 2. The van der Waals surface area contributed by atoms with Crippen molar-refractivity contribution < 1.29 is 4.79 Å². The summed E-state index contributed by atoms with van der Waals surface area (Å²) in [5.74, 6) is 1.42. The second-order valence-corrected chi connectivity index (χ2v) is 6.03. The number of rotatable bonds is 5. The van der Waals surface area contributed by atoms with Gasteiger partial charge in [0.1, 0.15) is 5.69 Å². The zero-order valence-electron chi connectivity index (χ0n) is 12.6. The fourth-order valence-electron chi connectivity index (χ4n) is 2.90. The van der Waals surface area contributed by atoms with Crippen molar-refractivity contribution in [3.8, 4) is 0 Å². The second kappa shape index (κ2) is 7.27. The highest BCUT2D eigenvalue weighted by molar-refractivity contribution is 5.92. The van der Waals surface area contributed by atoms with E-state index in [4.69, 9.17) is 0 Å². The molecule has 1 saturated heterocycles. The molecule has 2 N–H and O–H groups in total. The fraction of sp³-hybridized carbons (Fsp3) is 0.733. The highest BCUT2D eigenvalue weighted by Gasteiger charge is 2.29. The summed E-state index contributed by atoms with van der Waals surface area (Å²) in [5.41, 5.74) is 1.73. The summed E-state index contributed by atoms with van der Waals surface area (Å²) in [6.07, 6.45) is 4.65. The van der Waals surface area contributed by atoms with Crippen LogP contribution in [0, 0.1) is 5.92 Å². The van der Waals surface area contributed by atoms with Gasteiger partial charge in [0, 0.05) is 24.7 Å². The van der Waals surface area contributed by atoms with E-state index in [9.17, 15) is 4.79 Å². The molecule has 0 unspecified atom stereocenters.